The van der Waals surface area contributed by atoms with E-state index in [9.17, 15) is 9.18 Å². The highest BCUT2D eigenvalue weighted by Gasteiger charge is 2.21. The lowest BCUT2D eigenvalue weighted by molar-refractivity contribution is -0.123. The van der Waals surface area contributed by atoms with Gasteiger partial charge in [0.05, 0.1) is 0 Å². The fraction of sp³-hybridized carbons (Fsp3) is 0.120. The number of benzene rings is 3. The van der Waals surface area contributed by atoms with Gasteiger partial charge in [0.2, 0.25) is 0 Å². The maximum atomic E-state index is 13.4. The van der Waals surface area contributed by atoms with Crippen LogP contribution in [0, 0.1) is 5.82 Å². The molecule has 1 amide bonds. The predicted octanol–water partition coefficient (Wildman–Crippen LogP) is 4.64. The van der Waals surface area contributed by atoms with Crippen LogP contribution in [0.2, 0.25) is 0 Å². The average Bonchev–Trinajstić information content (AvgIpc) is 3.24. The summed E-state index contributed by atoms with van der Waals surface area (Å²) >= 11 is 0. The van der Waals surface area contributed by atoms with Crippen LogP contribution in [0.4, 0.5) is 4.39 Å². The number of para-hydroxylation sites is 1. The molecule has 3 aromatic carbocycles. The monoisotopic (exact) mass is 431 g/mol. The summed E-state index contributed by atoms with van der Waals surface area (Å²) in [6.07, 6.45) is 3.43. The Balaban J connectivity index is 1.38. The van der Waals surface area contributed by atoms with Crippen molar-refractivity contribution in [2.24, 2.45) is 7.05 Å². The first-order valence-electron chi connectivity index (χ1n) is 10.1. The van der Waals surface area contributed by atoms with Gasteiger partial charge in [0.15, 0.2) is 6.61 Å². The number of carbonyl (C=O) groups is 1. The standard InChI is InChI=1S/C25H22FN3O3/c1-29-16-15-27-25(29)24(18-7-9-19(26)10-8-18)28-23(30)17-31-20-11-13-22(14-12-20)32-21-5-3-2-4-6-21/h2-16,24H,17H2,1H3,(H,28,30)/t24-/m1/s1. The second kappa shape index (κ2) is 9.78. The minimum absolute atomic E-state index is 0.180. The van der Waals surface area contributed by atoms with E-state index in [0.29, 0.717) is 17.3 Å². The Morgan fingerprint density at radius 3 is 2.28 bits per heavy atom. The Hall–Kier alpha value is -4.13. The van der Waals surface area contributed by atoms with Crippen LogP contribution >= 0.6 is 0 Å². The quantitative estimate of drug-likeness (QED) is 0.442. The summed E-state index contributed by atoms with van der Waals surface area (Å²) in [6, 6.07) is 21.9. The normalized spacial score (nSPS) is 11.6. The number of amides is 1. The number of aromatic nitrogens is 2. The number of nitrogens with zero attached hydrogens (tertiary/aromatic N) is 2. The summed E-state index contributed by atoms with van der Waals surface area (Å²) in [6.45, 7) is -0.180. The molecule has 4 aromatic rings. The van der Waals surface area contributed by atoms with Crippen molar-refractivity contribution < 1.29 is 18.7 Å². The van der Waals surface area contributed by atoms with Gasteiger partial charge in [-0.3, -0.25) is 4.79 Å². The summed E-state index contributed by atoms with van der Waals surface area (Å²) in [5.74, 6) is 1.90. The molecule has 0 saturated carbocycles. The third-order valence-corrected chi connectivity index (χ3v) is 4.80. The van der Waals surface area contributed by atoms with Gasteiger partial charge in [0.1, 0.15) is 34.9 Å². The van der Waals surface area contributed by atoms with E-state index in [4.69, 9.17) is 9.47 Å². The molecule has 32 heavy (non-hydrogen) atoms. The van der Waals surface area contributed by atoms with Crippen molar-refractivity contribution >= 4 is 5.91 Å². The van der Waals surface area contributed by atoms with E-state index in [0.717, 1.165) is 11.3 Å². The van der Waals surface area contributed by atoms with Crippen LogP contribution in [-0.2, 0) is 11.8 Å². The number of nitrogens with one attached hydrogen (secondary N) is 1. The summed E-state index contributed by atoms with van der Waals surface area (Å²) in [7, 11) is 1.83. The zero-order valence-electron chi connectivity index (χ0n) is 17.4. The molecule has 1 heterocycles. The number of hydrogen-bond acceptors (Lipinski definition) is 4. The van der Waals surface area contributed by atoms with Gasteiger partial charge in [-0.1, -0.05) is 30.3 Å². The molecule has 0 bridgehead atoms. The molecule has 0 aliphatic heterocycles. The van der Waals surface area contributed by atoms with E-state index in [2.05, 4.69) is 10.3 Å². The minimum atomic E-state index is -0.534. The molecule has 0 spiro atoms. The molecule has 1 atom stereocenters. The summed E-state index contributed by atoms with van der Waals surface area (Å²) in [5, 5.41) is 2.92. The highest BCUT2D eigenvalue weighted by atomic mass is 19.1. The van der Waals surface area contributed by atoms with Crippen LogP contribution in [0.15, 0.2) is 91.3 Å². The molecule has 4 rings (SSSR count). The molecule has 162 valence electrons. The topological polar surface area (TPSA) is 65.4 Å². The molecule has 0 saturated heterocycles. The van der Waals surface area contributed by atoms with Crippen molar-refractivity contribution in [2.45, 2.75) is 6.04 Å². The highest BCUT2D eigenvalue weighted by molar-refractivity contribution is 5.78. The number of halogens is 1. The van der Waals surface area contributed by atoms with Crippen molar-refractivity contribution in [1.29, 1.82) is 0 Å². The van der Waals surface area contributed by atoms with Crippen LogP contribution in [0.3, 0.4) is 0 Å². The van der Waals surface area contributed by atoms with Gasteiger partial charge in [-0.05, 0) is 54.1 Å². The van der Waals surface area contributed by atoms with Gasteiger partial charge < -0.3 is 19.4 Å². The summed E-state index contributed by atoms with van der Waals surface area (Å²) < 4.78 is 26.5. The van der Waals surface area contributed by atoms with Crippen molar-refractivity contribution in [3.63, 3.8) is 0 Å². The van der Waals surface area contributed by atoms with E-state index < -0.39 is 6.04 Å². The van der Waals surface area contributed by atoms with Crippen LogP contribution in [0.1, 0.15) is 17.4 Å². The summed E-state index contributed by atoms with van der Waals surface area (Å²) in [4.78, 5) is 16.9. The molecule has 7 heteroatoms. The zero-order chi connectivity index (χ0) is 22.3. The largest absolute Gasteiger partial charge is 0.484 e. The molecule has 0 radical (unpaired) electrons. The highest BCUT2D eigenvalue weighted by Crippen LogP contribution is 2.24. The maximum Gasteiger partial charge on any atom is 0.258 e. The Morgan fingerprint density at radius 1 is 0.969 bits per heavy atom. The molecule has 0 unspecified atom stereocenters. The van der Waals surface area contributed by atoms with E-state index in [1.807, 2.05) is 37.4 Å². The molecular weight excluding hydrogens is 409 g/mol. The van der Waals surface area contributed by atoms with E-state index >= 15 is 0 Å². The van der Waals surface area contributed by atoms with Gasteiger partial charge >= 0.3 is 0 Å². The minimum Gasteiger partial charge on any atom is -0.484 e. The van der Waals surface area contributed by atoms with Crippen LogP contribution in [0.25, 0.3) is 0 Å². The molecular formula is C25H22FN3O3. The molecule has 1 N–H and O–H groups in total. The summed E-state index contributed by atoms with van der Waals surface area (Å²) in [5.41, 5.74) is 0.719. The van der Waals surface area contributed by atoms with Crippen molar-refractivity contribution in [3.05, 3.63) is 108 Å². The van der Waals surface area contributed by atoms with Gasteiger partial charge in [0.25, 0.3) is 5.91 Å². The number of hydrogen-bond donors (Lipinski definition) is 1. The Labute approximate surface area is 185 Å². The number of aryl methyl sites for hydroxylation is 1. The molecule has 1 aromatic heterocycles. The first kappa shape index (κ1) is 21.1. The lowest BCUT2D eigenvalue weighted by Gasteiger charge is -2.19. The third-order valence-electron chi connectivity index (χ3n) is 4.80. The Morgan fingerprint density at radius 2 is 1.62 bits per heavy atom. The van der Waals surface area contributed by atoms with Crippen LogP contribution < -0.4 is 14.8 Å². The second-order valence-corrected chi connectivity index (χ2v) is 7.12. The zero-order valence-corrected chi connectivity index (χ0v) is 17.4. The first-order valence-corrected chi connectivity index (χ1v) is 10.1. The van der Waals surface area contributed by atoms with Gasteiger partial charge in [-0.15, -0.1) is 0 Å². The molecule has 0 aliphatic rings. The smallest absolute Gasteiger partial charge is 0.258 e. The van der Waals surface area contributed by atoms with Crippen molar-refractivity contribution in [1.82, 2.24) is 14.9 Å². The van der Waals surface area contributed by atoms with Gasteiger partial charge in [0, 0.05) is 19.4 Å². The van der Waals surface area contributed by atoms with E-state index in [1.54, 1.807) is 53.4 Å². The lowest BCUT2D eigenvalue weighted by atomic mass is 10.1. The number of ether oxygens (including phenoxy) is 2. The van der Waals surface area contributed by atoms with Crippen molar-refractivity contribution in [2.75, 3.05) is 6.61 Å². The van der Waals surface area contributed by atoms with Gasteiger partial charge in [-0.2, -0.15) is 0 Å². The average molecular weight is 431 g/mol. The van der Waals surface area contributed by atoms with E-state index in [-0.39, 0.29) is 18.3 Å². The number of carbonyl (C=O) groups excluding carboxylic acids is 1. The molecule has 0 fully saturated rings. The molecule has 0 aliphatic carbocycles. The lowest BCUT2D eigenvalue weighted by Crippen LogP contribution is -2.34. The van der Waals surface area contributed by atoms with Crippen LogP contribution in [0.5, 0.6) is 17.2 Å². The van der Waals surface area contributed by atoms with Gasteiger partial charge in [-0.25, -0.2) is 9.37 Å². The predicted molar refractivity (Wildman–Crippen MR) is 118 cm³/mol. The second-order valence-electron chi connectivity index (χ2n) is 7.12. The molecule has 6 nitrogen and oxygen atoms in total. The van der Waals surface area contributed by atoms with Crippen molar-refractivity contribution in [3.8, 4) is 17.2 Å². The SMILES string of the molecule is Cn1ccnc1[C@H](NC(=O)COc1ccc(Oc2ccccc2)cc1)c1ccc(F)cc1. The number of rotatable bonds is 8. The Kier molecular flexibility index (Phi) is 6.46. The maximum absolute atomic E-state index is 13.4. The third kappa shape index (κ3) is 5.31. The fourth-order valence-electron chi connectivity index (χ4n) is 3.19. The Bertz CT molecular complexity index is 1160. The van der Waals surface area contributed by atoms with E-state index in [1.165, 1.54) is 12.1 Å². The first-order chi connectivity index (χ1) is 15.6. The fourth-order valence-corrected chi connectivity index (χ4v) is 3.19. The van der Waals surface area contributed by atoms with Crippen LogP contribution in [-0.4, -0.2) is 22.1 Å². The number of imidazole rings is 1.